The van der Waals surface area contributed by atoms with Crippen LogP contribution >= 0.6 is 11.8 Å². The van der Waals surface area contributed by atoms with Gasteiger partial charge in [0.15, 0.2) is 0 Å². The Labute approximate surface area is 151 Å². The normalized spacial score (nSPS) is 16.8. The van der Waals surface area contributed by atoms with Gasteiger partial charge in [0.25, 0.3) is 5.91 Å². The summed E-state index contributed by atoms with van der Waals surface area (Å²) < 4.78 is 5.38. The number of aromatic nitrogens is 2. The first-order valence-corrected chi connectivity index (χ1v) is 9.58. The van der Waals surface area contributed by atoms with Crippen LogP contribution in [0.1, 0.15) is 21.6 Å². The molecule has 1 saturated heterocycles. The van der Waals surface area contributed by atoms with Crippen molar-refractivity contribution in [2.75, 3.05) is 37.5 Å². The number of rotatable bonds is 3. The second-order valence-electron chi connectivity index (χ2n) is 6.10. The number of hydrogen-bond donors (Lipinski definition) is 0. The number of anilines is 1. The van der Waals surface area contributed by atoms with Crippen LogP contribution in [0.5, 0.6) is 0 Å². The summed E-state index contributed by atoms with van der Waals surface area (Å²) in [5.41, 5.74) is 2.74. The van der Waals surface area contributed by atoms with Crippen molar-refractivity contribution < 1.29 is 9.53 Å². The van der Waals surface area contributed by atoms with Gasteiger partial charge in [-0.05, 0) is 18.4 Å². The SMILES string of the molecule is CSc1ccccc1C(=O)N1Cc2cnc(N3CCOCC3)nc2C1. The molecule has 0 N–H and O–H groups in total. The van der Waals surface area contributed by atoms with Gasteiger partial charge in [0.05, 0.1) is 31.0 Å². The molecule has 2 aliphatic heterocycles. The van der Waals surface area contributed by atoms with Crippen molar-refractivity contribution in [2.45, 2.75) is 18.0 Å². The van der Waals surface area contributed by atoms with Gasteiger partial charge in [0.2, 0.25) is 5.95 Å². The number of thioether (sulfide) groups is 1. The van der Waals surface area contributed by atoms with Crippen molar-refractivity contribution in [1.29, 1.82) is 0 Å². The molecule has 4 rings (SSSR count). The molecule has 0 bridgehead atoms. The summed E-state index contributed by atoms with van der Waals surface area (Å²) in [6, 6.07) is 7.74. The molecule has 130 valence electrons. The van der Waals surface area contributed by atoms with Gasteiger partial charge in [-0.2, -0.15) is 0 Å². The molecular formula is C18H20N4O2S. The molecule has 1 fully saturated rings. The van der Waals surface area contributed by atoms with E-state index in [1.54, 1.807) is 11.8 Å². The first-order chi connectivity index (χ1) is 12.3. The Bertz CT molecular complexity index is 792. The second-order valence-corrected chi connectivity index (χ2v) is 6.95. The Hall–Kier alpha value is -2.12. The lowest BCUT2D eigenvalue weighted by Gasteiger charge is -2.26. The number of carbonyl (C=O) groups excluding carboxylic acids is 1. The van der Waals surface area contributed by atoms with E-state index in [9.17, 15) is 4.79 Å². The molecule has 0 radical (unpaired) electrons. The molecule has 0 atom stereocenters. The van der Waals surface area contributed by atoms with Gasteiger partial charge in [-0.3, -0.25) is 4.79 Å². The third-order valence-electron chi connectivity index (χ3n) is 4.56. The van der Waals surface area contributed by atoms with Crippen molar-refractivity contribution in [3.05, 3.63) is 47.3 Å². The largest absolute Gasteiger partial charge is 0.378 e. The molecule has 25 heavy (non-hydrogen) atoms. The predicted octanol–water partition coefficient (Wildman–Crippen LogP) is 2.19. The van der Waals surface area contributed by atoms with Crippen LogP contribution in [-0.4, -0.2) is 53.3 Å². The van der Waals surface area contributed by atoms with E-state index in [2.05, 4.69) is 9.88 Å². The minimum absolute atomic E-state index is 0.0517. The lowest BCUT2D eigenvalue weighted by molar-refractivity contribution is 0.0747. The van der Waals surface area contributed by atoms with E-state index in [1.165, 1.54) is 0 Å². The smallest absolute Gasteiger partial charge is 0.255 e. The van der Waals surface area contributed by atoms with Crippen LogP contribution in [0.25, 0.3) is 0 Å². The number of morpholine rings is 1. The highest BCUT2D eigenvalue weighted by Crippen LogP contribution is 2.27. The predicted molar refractivity (Wildman–Crippen MR) is 96.9 cm³/mol. The zero-order chi connectivity index (χ0) is 17.2. The fourth-order valence-corrected chi connectivity index (χ4v) is 3.78. The van der Waals surface area contributed by atoms with E-state index in [0.717, 1.165) is 40.8 Å². The van der Waals surface area contributed by atoms with Crippen LogP contribution in [0, 0.1) is 0 Å². The topological polar surface area (TPSA) is 58.6 Å². The van der Waals surface area contributed by atoms with Crippen molar-refractivity contribution >= 4 is 23.6 Å². The third kappa shape index (κ3) is 3.21. The summed E-state index contributed by atoms with van der Waals surface area (Å²) in [5, 5.41) is 0. The summed E-state index contributed by atoms with van der Waals surface area (Å²) in [5.74, 6) is 0.789. The van der Waals surface area contributed by atoms with Crippen LogP contribution in [0.15, 0.2) is 35.4 Å². The molecular weight excluding hydrogens is 336 g/mol. The fraction of sp³-hybridized carbons (Fsp3) is 0.389. The van der Waals surface area contributed by atoms with Crippen molar-refractivity contribution in [1.82, 2.24) is 14.9 Å². The number of benzene rings is 1. The van der Waals surface area contributed by atoms with Gasteiger partial charge in [0.1, 0.15) is 0 Å². The molecule has 2 aliphatic rings. The average molecular weight is 356 g/mol. The number of fused-ring (bicyclic) bond motifs is 1. The average Bonchev–Trinajstić information content (AvgIpc) is 3.11. The molecule has 0 aliphatic carbocycles. The minimum Gasteiger partial charge on any atom is -0.378 e. The highest BCUT2D eigenvalue weighted by atomic mass is 32.2. The Morgan fingerprint density at radius 1 is 1.20 bits per heavy atom. The lowest BCUT2D eigenvalue weighted by atomic mass is 10.2. The third-order valence-corrected chi connectivity index (χ3v) is 5.36. The van der Waals surface area contributed by atoms with Crippen LogP contribution in [0.2, 0.25) is 0 Å². The summed E-state index contributed by atoms with van der Waals surface area (Å²) in [6.07, 6.45) is 3.85. The number of nitrogens with zero attached hydrogens (tertiary/aromatic N) is 4. The quantitative estimate of drug-likeness (QED) is 0.786. The van der Waals surface area contributed by atoms with Gasteiger partial charge in [-0.15, -0.1) is 11.8 Å². The van der Waals surface area contributed by atoms with Crippen LogP contribution in [0.3, 0.4) is 0 Å². The van der Waals surface area contributed by atoms with Gasteiger partial charge in [-0.25, -0.2) is 9.97 Å². The van der Waals surface area contributed by atoms with E-state index in [1.807, 2.05) is 41.6 Å². The summed E-state index contributed by atoms with van der Waals surface area (Å²) >= 11 is 1.59. The van der Waals surface area contributed by atoms with Gasteiger partial charge in [-0.1, -0.05) is 12.1 Å². The molecule has 0 spiro atoms. The maximum absolute atomic E-state index is 12.9. The maximum Gasteiger partial charge on any atom is 0.255 e. The lowest BCUT2D eigenvalue weighted by Crippen LogP contribution is -2.37. The van der Waals surface area contributed by atoms with Gasteiger partial charge < -0.3 is 14.5 Å². The van der Waals surface area contributed by atoms with Gasteiger partial charge in [0, 0.05) is 36.3 Å². The minimum atomic E-state index is 0.0517. The van der Waals surface area contributed by atoms with Crippen LogP contribution < -0.4 is 4.90 Å². The Morgan fingerprint density at radius 3 is 2.80 bits per heavy atom. The van der Waals surface area contributed by atoms with E-state index >= 15 is 0 Å². The molecule has 6 nitrogen and oxygen atoms in total. The molecule has 7 heteroatoms. The Balaban J connectivity index is 1.53. The fourth-order valence-electron chi connectivity index (χ4n) is 3.19. The molecule has 1 aromatic carbocycles. The van der Waals surface area contributed by atoms with E-state index < -0.39 is 0 Å². The zero-order valence-corrected chi connectivity index (χ0v) is 15.0. The van der Waals surface area contributed by atoms with E-state index in [0.29, 0.717) is 26.3 Å². The van der Waals surface area contributed by atoms with Crippen molar-refractivity contribution in [3.63, 3.8) is 0 Å². The molecule has 3 heterocycles. The number of amides is 1. The second kappa shape index (κ2) is 7.01. The summed E-state index contributed by atoms with van der Waals surface area (Å²) in [4.78, 5) is 27.1. The number of ether oxygens (including phenoxy) is 1. The molecule has 2 aromatic rings. The van der Waals surface area contributed by atoms with Crippen LogP contribution in [0.4, 0.5) is 5.95 Å². The summed E-state index contributed by atoms with van der Waals surface area (Å²) in [6.45, 7) is 4.13. The molecule has 0 saturated carbocycles. The van der Waals surface area contributed by atoms with Crippen molar-refractivity contribution in [3.8, 4) is 0 Å². The number of carbonyl (C=O) groups is 1. The van der Waals surface area contributed by atoms with E-state index in [-0.39, 0.29) is 5.91 Å². The highest BCUT2D eigenvalue weighted by Gasteiger charge is 2.28. The van der Waals surface area contributed by atoms with Gasteiger partial charge >= 0.3 is 0 Å². The Morgan fingerprint density at radius 2 is 2.00 bits per heavy atom. The first-order valence-electron chi connectivity index (χ1n) is 8.36. The Kier molecular flexibility index (Phi) is 4.59. The summed E-state index contributed by atoms with van der Waals surface area (Å²) in [7, 11) is 0. The zero-order valence-electron chi connectivity index (χ0n) is 14.1. The molecule has 0 unspecified atom stereocenters. The van der Waals surface area contributed by atoms with E-state index in [4.69, 9.17) is 9.72 Å². The van der Waals surface area contributed by atoms with Crippen molar-refractivity contribution in [2.24, 2.45) is 0 Å². The highest BCUT2D eigenvalue weighted by molar-refractivity contribution is 7.98. The maximum atomic E-state index is 12.9. The molecule has 1 amide bonds. The first kappa shape index (κ1) is 16.4. The molecule has 1 aromatic heterocycles. The monoisotopic (exact) mass is 356 g/mol. The standard InChI is InChI=1S/C18H20N4O2S/c1-25-16-5-3-2-4-14(16)17(23)22-11-13-10-19-18(20-15(13)12-22)21-6-8-24-9-7-21/h2-5,10H,6-9,11-12H2,1H3. The van der Waals surface area contributed by atoms with Crippen LogP contribution in [-0.2, 0) is 17.8 Å². The number of hydrogen-bond acceptors (Lipinski definition) is 6.